The van der Waals surface area contributed by atoms with Crippen LogP contribution in [-0.4, -0.2) is 55.2 Å². The molecule has 0 fully saturated rings. The molecule has 1 rings (SSSR count). The second-order valence-corrected chi connectivity index (χ2v) is 7.52. The number of rotatable bonds is 3. The van der Waals surface area contributed by atoms with Gasteiger partial charge in [0, 0.05) is 0 Å². The van der Waals surface area contributed by atoms with Gasteiger partial charge in [0.25, 0.3) is 0 Å². The van der Waals surface area contributed by atoms with E-state index >= 15 is 0 Å². The van der Waals surface area contributed by atoms with E-state index in [9.17, 15) is 36.3 Å². The molecule has 0 bridgehead atoms. The molecule has 0 saturated heterocycles. The van der Waals surface area contributed by atoms with E-state index in [1.54, 1.807) is 0 Å². The van der Waals surface area contributed by atoms with E-state index in [2.05, 4.69) is 8.92 Å². The van der Waals surface area contributed by atoms with E-state index in [0.29, 0.717) is 11.0 Å². The van der Waals surface area contributed by atoms with Gasteiger partial charge in [0.2, 0.25) is 0 Å². The standard InChI is InChI=1S/C12H16F3NO7S/c1-11(2,3)8-7(23-24(20,21)12(13,14)15)5-6(9(17)22-4)16(8)10(18)19/h5-6,8H,1-4H3,(H,18,19). The number of nitrogens with zero attached hydrogens (tertiary/aromatic N) is 1. The van der Waals surface area contributed by atoms with Crippen LogP contribution < -0.4 is 0 Å². The van der Waals surface area contributed by atoms with Crippen LogP contribution >= 0.6 is 0 Å². The smallest absolute Gasteiger partial charge is 0.467 e. The Morgan fingerprint density at radius 2 is 1.75 bits per heavy atom. The number of hydrogen-bond acceptors (Lipinski definition) is 6. The fourth-order valence-electron chi connectivity index (χ4n) is 2.25. The summed E-state index contributed by atoms with van der Waals surface area (Å²) in [5, 5.41) is 9.30. The van der Waals surface area contributed by atoms with Crippen LogP contribution in [0.2, 0.25) is 0 Å². The van der Waals surface area contributed by atoms with E-state index in [4.69, 9.17) is 0 Å². The largest absolute Gasteiger partial charge is 0.534 e. The van der Waals surface area contributed by atoms with Gasteiger partial charge in [-0.05, 0) is 11.5 Å². The molecule has 2 atom stereocenters. The zero-order chi connectivity index (χ0) is 19.1. The Balaban J connectivity index is 3.43. The van der Waals surface area contributed by atoms with Crippen LogP contribution in [0.4, 0.5) is 18.0 Å². The first-order valence-corrected chi connectivity index (χ1v) is 7.86. The molecule has 1 aliphatic rings. The fourth-order valence-corrected chi connectivity index (χ4v) is 2.74. The minimum absolute atomic E-state index is 0.493. The summed E-state index contributed by atoms with van der Waals surface area (Å²) in [5.41, 5.74) is -6.78. The van der Waals surface area contributed by atoms with Crippen molar-refractivity contribution in [2.24, 2.45) is 5.41 Å². The SMILES string of the molecule is COC(=O)C1C=C(OS(=O)(=O)C(F)(F)F)C(C(C)(C)C)N1C(=O)O. The number of alkyl halides is 3. The summed E-state index contributed by atoms with van der Waals surface area (Å²) in [6, 6.07) is -3.08. The Hall–Kier alpha value is -1.98. The molecule has 0 radical (unpaired) electrons. The summed E-state index contributed by atoms with van der Waals surface area (Å²) < 4.78 is 68.6. The van der Waals surface area contributed by atoms with Crippen molar-refractivity contribution in [3.05, 3.63) is 11.8 Å². The van der Waals surface area contributed by atoms with E-state index in [0.717, 1.165) is 7.11 Å². The predicted octanol–water partition coefficient (Wildman–Crippen LogP) is 1.69. The van der Waals surface area contributed by atoms with Gasteiger partial charge in [-0.3, -0.25) is 4.90 Å². The number of carbonyl (C=O) groups is 2. The third kappa shape index (κ3) is 3.74. The highest BCUT2D eigenvalue weighted by atomic mass is 32.2. The molecule has 0 aromatic heterocycles. The van der Waals surface area contributed by atoms with E-state index in [1.807, 2.05) is 0 Å². The Morgan fingerprint density at radius 1 is 1.25 bits per heavy atom. The molecule has 8 nitrogen and oxygen atoms in total. The zero-order valence-electron chi connectivity index (χ0n) is 13.1. The summed E-state index contributed by atoms with van der Waals surface area (Å²) in [6.45, 7) is 4.35. The summed E-state index contributed by atoms with van der Waals surface area (Å²) in [4.78, 5) is 23.7. The molecule has 0 saturated carbocycles. The molecule has 12 heteroatoms. The van der Waals surface area contributed by atoms with E-state index in [-0.39, 0.29) is 0 Å². The molecule has 138 valence electrons. The van der Waals surface area contributed by atoms with Gasteiger partial charge in [0.1, 0.15) is 11.8 Å². The summed E-state index contributed by atoms with van der Waals surface area (Å²) >= 11 is 0. The van der Waals surface area contributed by atoms with Crippen LogP contribution in [-0.2, 0) is 23.8 Å². The monoisotopic (exact) mass is 375 g/mol. The Kier molecular flexibility index (Phi) is 5.14. The van der Waals surface area contributed by atoms with Crippen LogP contribution in [0.5, 0.6) is 0 Å². The Bertz CT molecular complexity index is 663. The van der Waals surface area contributed by atoms with Gasteiger partial charge in [0.15, 0.2) is 6.04 Å². The lowest BCUT2D eigenvalue weighted by Crippen LogP contribution is -2.51. The maximum absolute atomic E-state index is 12.5. The molecule has 0 aromatic rings. The first-order chi connectivity index (χ1) is 10.6. The normalized spacial score (nSPS) is 22.1. The summed E-state index contributed by atoms with van der Waals surface area (Å²) in [7, 11) is -5.07. The van der Waals surface area contributed by atoms with Gasteiger partial charge in [-0.2, -0.15) is 21.6 Å². The number of amides is 1. The maximum Gasteiger partial charge on any atom is 0.534 e. The first kappa shape index (κ1) is 20.1. The predicted molar refractivity (Wildman–Crippen MR) is 73.1 cm³/mol. The molecular formula is C12H16F3NO7S. The lowest BCUT2D eigenvalue weighted by atomic mass is 9.86. The average molecular weight is 375 g/mol. The number of hydrogen-bond donors (Lipinski definition) is 1. The van der Waals surface area contributed by atoms with Crippen molar-refractivity contribution in [2.75, 3.05) is 7.11 Å². The molecule has 0 aliphatic carbocycles. The number of carboxylic acid groups (broad SMARTS) is 1. The summed E-state index contributed by atoms with van der Waals surface area (Å²) in [5.74, 6) is -1.90. The third-order valence-corrected chi connectivity index (χ3v) is 4.12. The number of esters is 1. The van der Waals surface area contributed by atoms with Crippen molar-refractivity contribution < 1.29 is 45.2 Å². The van der Waals surface area contributed by atoms with Crippen molar-refractivity contribution in [1.29, 1.82) is 0 Å². The van der Waals surface area contributed by atoms with Gasteiger partial charge in [-0.25, -0.2) is 9.59 Å². The lowest BCUT2D eigenvalue weighted by Gasteiger charge is -2.36. The number of carbonyl (C=O) groups excluding carboxylic acids is 1. The molecule has 0 spiro atoms. The molecule has 1 heterocycles. The van der Waals surface area contributed by atoms with E-state index in [1.165, 1.54) is 20.8 Å². The topological polar surface area (TPSA) is 110 Å². The second-order valence-electron chi connectivity index (χ2n) is 5.98. The highest BCUT2D eigenvalue weighted by molar-refractivity contribution is 7.87. The van der Waals surface area contributed by atoms with Gasteiger partial charge >= 0.3 is 27.7 Å². The van der Waals surface area contributed by atoms with Gasteiger partial charge in [-0.1, -0.05) is 20.8 Å². The third-order valence-electron chi connectivity index (χ3n) is 3.14. The van der Waals surface area contributed by atoms with Crippen molar-refractivity contribution in [2.45, 2.75) is 38.4 Å². The molecule has 0 aromatic carbocycles. The number of halogens is 3. The van der Waals surface area contributed by atoms with Gasteiger partial charge in [0.05, 0.1) is 7.11 Å². The molecule has 1 amide bonds. The van der Waals surface area contributed by atoms with Crippen molar-refractivity contribution >= 4 is 22.2 Å². The van der Waals surface area contributed by atoms with Crippen molar-refractivity contribution in [1.82, 2.24) is 4.90 Å². The fraction of sp³-hybridized carbons (Fsp3) is 0.667. The van der Waals surface area contributed by atoms with Crippen LogP contribution in [0.3, 0.4) is 0 Å². The molecule has 24 heavy (non-hydrogen) atoms. The van der Waals surface area contributed by atoms with Crippen LogP contribution in [0, 0.1) is 5.41 Å². The average Bonchev–Trinajstić information content (AvgIpc) is 2.75. The summed E-state index contributed by atoms with van der Waals surface area (Å²) in [6.07, 6.45) is -0.955. The van der Waals surface area contributed by atoms with E-state index < -0.39 is 50.9 Å². The Labute approximate surface area is 135 Å². The highest BCUT2D eigenvalue weighted by Crippen LogP contribution is 2.40. The first-order valence-electron chi connectivity index (χ1n) is 6.45. The van der Waals surface area contributed by atoms with Crippen molar-refractivity contribution in [3.8, 4) is 0 Å². The number of ether oxygens (including phenoxy) is 1. The zero-order valence-corrected chi connectivity index (χ0v) is 13.9. The van der Waals surface area contributed by atoms with Crippen molar-refractivity contribution in [3.63, 3.8) is 0 Å². The van der Waals surface area contributed by atoms with Crippen LogP contribution in [0.1, 0.15) is 20.8 Å². The number of methoxy groups -OCH3 is 1. The van der Waals surface area contributed by atoms with Crippen LogP contribution in [0.25, 0.3) is 0 Å². The van der Waals surface area contributed by atoms with Gasteiger partial charge in [-0.15, -0.1) is 0 Å². The molecular weight excluding hydrogens is 359 g/mol. The second kappa shape index (κ2) is 6.15. The molecule has 1 N–H and O–H groups in total. The lowest BCUT2D eigenvalue weighted by molar-refractivity contribution is -0.144. The Morgan fingerprint density at radius 3 is 2.08 bits per heavy atom. The van der Waals surface area contributed by atoms with Gasteiger partial charge < -0.3 is 14.0 Å². The van der Waals surface area contributed by atoms with Crippen LogP contribution in [0.15, 0.2) is 11.8 Å². The minimum Gasteiger partial charge on any atom is -0.467 e. The molecule has 2 unspecified atom stereocenters. The quantitative estimate of drug-likeness (QED) is 0.454. The molecule has 1 aliphatic heterocycles. The minimum atomic E-state index is -6.02. The maximum atomic E-state index is 12.5. The highest BCUT2D eigenvalue weighted by Gasteiger charge is 2.54.